The van der Waals surface area contributed by atoms with E-state index in [0.29, 0.717) is 5.69 Å². The van der Waals surface area contributed by atoms with Gasteiger partial charge in [0.15, 0.2) is 5.71 Å². The summed E-state index contributed by atoms with van der Waals surface area (Å²) in [4.78, 5) is 4.69. The van der Waals surface area contributed by atoms with Crippen molar-refractivity contribution in [2.24, 2.45) is 5.10 Å². The molecule has 0 atom stereocenters. The van der Waals surface area contributed by atoms with Crippen LogP contribution in [0.2, 0.25) is 0 Å². The highest BCUT2D eigenvalue weighted by Gasteiger charge is 2.13. The molecule has 0 spiro atoms. The number of nitriles is 1. The molecular weight excluding hydrogens is 308 g/mol. The SMILES string of the molecule is N#C/C(=N\Nc1ccccc1)c1nc2ccccc2c2ccccc12. The molecule has 1 N–H and O–H groups in total. The summed E-state index contributed by atoms with van der Waals surface area (Å²) in [7, 11) is 0. The lowest BCUT2D eigenvalue weighted by Gasteiger charge is -2.08. The lowest BCUT2D eigenvalue weighted by molar-refractivity contribution is 1.31. The van der Waals surface area contributed by atoms with Gasteiger partial charge in [0.1, 0.15) is 11.8 Å². The Balaban J connectivity index is 1.90. The molecule has 4 nitrogen and oxygen atoms in total. The fraction of sp³-hybridized carbons (Fsp3) is 0. The van der Waals surface area contributed by atoms with Gasteiger partial charge < -0.3 is 0 Å². The van der Waals surface area contributed by atoms with Gasteiger partial charge in [-0.3, -0.25) is 5.43 Å². The van der Waals surface area contributed by atoms with Crippen LogP contribution in [0.15, 0.2) is 84.0 Å². The van der Waals surface area contributed by atoms with Gasteiger partial charge in [-0.05, 0) is 23.6 Å². The van der Waals surface area contributed by atoms with Gasteiger partial charge in [-0.1, -0.05) is 60.7 Å². The molecule has 0 aliphatic carbocycles. The van der Waals surface area contributed by atoms with E-state index >= 15 is 0 Å². The van der Waals surface area contributed by atoms with E-state index < -0.39 is 0 Å². The van der Waals surface area contributed by atoms with E-state index in [1.807, 2.05) is 78.9 Å². The van der Waals surface area contributed by atoms with Crippen LogP contribution in [0.25, 0.3) is 21.7 Å². The summed E-state index contributed by atoms with van der Waals surface area (Å²) < 4.78 is 0. The Morgan fingerprint density at radius 3 is 2.20 bits per heavy atom. The predicted octanol–water partition coefficient (Wildman–Crippen LogP) is 4.73. The number of fused-ring (bicyclic) bond motifs is 3. The molecule has 1 heterocycles. The van der Waals surface area contributed by atoms with E-state index in [2.05, 4.69) is 16.6 Å². The van der Waals surface area contributed by atoms with Gasteiger partial charge in [-0.15, -0.1) is 0 Å². The van der Waals surface area contributed by atoms with Gasteiger partial charge in [0.2, 0.25) is 0 Å². The van der Waals surface area contributed by atoms with Crippen LogP contribution in [0.5, 0.6) is 0 Å². The van der Waals surface area contributed by atoms with Gasteiger partial charge in [-0.2, -0.15) is 10.4 Å². The molecule has 0 amide bonds. The third kappa shape index (κ3) is 2.79. The molecule has 118 valence electrons. The zero-order valence-electron chi connectivity index (χ0n) is 13.3. The minimum Gasteiger partial charge on any atom is -0.277 e. The standard InChI is InChI=1S/C21H14N4/c22-14-20(25-24-15-8-2-1-3-9-15)21-18-12-5-4-10-16(18)17-11-6-7-13-19(17)23-21/h1-13,24H/b25-20+. The summed E-state index contributed by atoms with van der Waals surface area (Å²) in [6.45, 7) is 0. The molecule has 4 aromatic rings. The average molecular weight is 322 g/mol. The Hall–Kier alpha value is -3.71. The van der Waals surface area contributed by atoms with Crippen molar-refractivity contribution in [3.05, 3.63) is 84.6 Å². The number of hydrogen-bond donors (Lipinski definition) is 1. The monoisotopic (exact) mass is 322 g/mol. The Kier molecular flexibility index (Phi) is 3.82. The van der Waals surface area contributed by atoms with Gasteiger partial charge in [0.25, 0.3) is 0 Å². The highest BCUT2D eigenvalue weighted by molar-refractivity contribution is 6.21. The number of nitrogens with one attached hydrogen (secondary N) is 1. The van der Waals surface area contributed by atoms with Crippen LogP contribution < -0.4 is 5.43 Å². The van der Waals surface area contributed by atoms with E-state index in [0.717, 1.165) is 27.4 Å². The summed E-state index contributed by atoms with van der Waals surface area (Å²) in [5.41, 5.74) is 5.44. The topological polar surface area (TPSA) is 61.1 Å². The van der Waals surface area contributed by atoms with Gasteiger partial charge in [0, 0.05) is 10.8 Å². The fourth-order valence-electron chi connectivity index (χ4n) is 2.85. The number of nitrogens with zero attached hydrogens (tertiary/aromatic N) is 3. The highest BCUT2D eigenvalue weighted by Crippen LogP contribution is 2.26. The molecule has 0 fully saturated rings. The lowest BCUT2D eigenvalue weighted by atomic mass is 10.0. The maximum atomic E-state index is 9.63. The second-order valence-electron chi connectivity index (χ2n) is 5.57. The molecule has 3 aromatic carbocycles. The van der Waals surface area contributed by atoms with Gasteiger partial charge in [-0.25, -0.2) is 4.98 Å². The van der Waals surface area contributed by atoms with Crippen molar-refractivity contribution in [3.8, 4) is 6.07 Å². The molecule has 4 heteroatoms. The molecule has 0 radical (unpaired) electrons. The van der Waals surface area contributed by atoms with E-state index in [4.69, 9.17) is 4.98 Å². The first-order valence-corrected chi connectivity index (χ1v) is 7.93. The van der Waals surface area contributed by atoms with Crippen molar-refractivity contribution < 1.29 is 0 Å². The average Bonchev–Trinajstić information content (AvgIpc) is 2.69. The molecule has 4 rings (SSSR count). The van der Waals surface area contributed by atoms with Crippen molar-refractivity contribution in [1.82, 2.24) is 4.98 Å². The number of hydrazone groups is 1. The molecule has 25 heavy (non-hydrogen) atoms. The molecule has 0 aliphatic heterocycles. The van der Waals surface area contributed by atoms with Crippen molar-refractivity contribution in [3.63, 3.8) is 0 Å². The smallest absolute Gasteiger partial charge is 0.186 e. The molecule has 1 aromatic heterocycles. The summed E-state index contributed by atoms with van der Waals surface area (Å²) in [5.74, 6) is 0. The molecule has 0 saturated heterocycles. The second-order valence-corrected chi connectivity index (χ2v) is 5.57. The summed E-state index contributed by atoms with van der Waals surface area (Å²) >= 11 is 0. The van der Waals surface area contributed by atoms with Crippen LogP contribution in [0.3, 0.4) is 0 Å². The first kappa shape index (κ1) is 14.9. The second kappa shape index (κ2) is 6.42. The van der Waals surface area contributed by atoms with E-state index in [9.17, 15) is 5.26 Å². The van der Waals surface area contributed by atoms with E-state index in [1.54, 1.807) is 0 Å². The normalized spacial score (nSPS) is 11.4. The number of para-hydroxylation sites is 2. The number of pyridine rings is 1. The minimum atomic E-state index is 0.255. The molecular formula is C21H14N4. The Morgan fingerprint density at radius 2 is 1.44 bits per heavy atom. The number of aromatic nitrogens is 1. The lowest BCUT2D eigenvalue weighted by Crippen LogP contribution is -2.06. The van der Waals surface area contributed by atoms with Crippen LogP contribution in [-0.2, 0) is 0 Å². The quantitative estimate of drug-likeness (QED) is 0.337. The van der Waals surface area contributed by atoms with Crippen LogP contribution in [0, 0.1) is 11.3 Å². The summed E-state index contributed by atoms with van der Waals surface area (Å²) in [6, 6.07) is 27.6. The largest absolute Gasteiger partial charge is 0.277 e. The van der Waals surface area contributed by atoms with Crippen LogP contribution in [0.4, 0.5) is 5.69 Å². The van der Waals surface area contributed by atoms with Crippen LogP contribution in [-0.4, -0.2) is 10.7 Å². The Bertz CT molecular complexity index is 1120. The third-order valence-electron chi connectivity index (χ3n) is 4.01. The van der Waals surface area contributed by atoms with Crippen molar-refractivity contribution >= 4 is 33.1 Å². The maximum absolute atomic E-state index is 9.63. The van der Waals surface area contributed by atoms with Gasteiger partial charge >= 0.3 is 0 Å². The zero-order valence-corrected chi connectivity index (χ0v) is 13.3. The van der Waals surface area contributed by atoms with E-state index in [-0.39, 0.29) is 5.71 Å². The first-order chi connectivity index (χ1) is 12.4. The molecule has 0 aliphatic rings. The summed E-state index contributed by atoms with van der Waals surface area (Å²) in [5, 5.41) is 17.0. The number of hydrogen-bond acceptors (Lipinski definition) is 4. The van der Waals surface area contributed by atoms with Crippen molar-refractivity contribution in [2.75, 3.05) is 5.43 Å². The molecule has 0 unspecified atom stereocenters. The Labute approximate surface area is 145 Å². The molecule has 0 bridgehead atoms. The van der Waals surface area contributed by atoms with Crippen LogP contribution >= 0.6 is 0 Å². The zero-order chi connectivity index (χ0) is 17.1. The third-order valence-corrected chi connectivity index (χ3v) is 4.01. The van der Waals surface area contributed by atoms with Crippen molar-refractivity contribution in [1.29, 1.82) is 5.26 Å². The predicted molar refractivity (Wildman–Crippen MR) is 101 cm³/mol. The highest BCUT2D eigenvalue weighted by atomic mass is 15.3. The van der Waals surface area contributed by atoms with Crippen LogP contribution in [0.1, 0.15) is 5.69 Å². The number of benzene rings is 3. The number of rotatable bonds is 3. The first-order valence-electron chi connectivity index (χ1n) is 7.93. The fourth-order valence-corrected chi connectivity index (χ4v) is 2.85. The van der Waals surface area contributed by atoms with E-state index in [1.165, 1.54) is 0 Å². The van der Waals surface area contributed by atoms with Crippen molar-refractivity contribution in [2.45, 2.75) is 0 Å². The molecule has 0 saturated carbocycles. The minimum absolute atomic E-state index is 0.255. The maximum Gasteiger partial charge on any atom is 0.186 e. The Morgan fingerprint density at radius 1 is 0.800 bits per heavy atom. The summed E-state index contributed by atoms with van der Waals surface area (Å²) in [6.07, 6.45) is 0. The van der Waals surface area contributed by atoms with Gasteiger partial charge in [0.05, 0.1) is 11.2 Å². The number of anilines is 1.